The van der Waals surface area contributed by atoms with Crippen molar-refractivity contribution >= 4 is 29.4 Å². The van der Waals surface area contributed by atoms with Crippen LogP contribution in [0.4, 0.5) is 4.39 Å². The van der Waals surface area contributed by atoms with Crippen LogP contribution in [0.1, 0.15) is 72.2 Å². The molecular weight excluding hydrogens is 511 g/mol. The topological polar surface area (TPSA) is 95.9 Å². The van der Waals surface area contributed by atoms with Gasteiger partial charge in [-0.25, -0.2) is 9.18 Å². The average molecular weight is 545 g/mol. The maximum absolute atomic E-state index is 14.6. The van der Waals surface area contributed by atoms with Gasteiger partial charge in [-0.2, -0.15) is 0 Å². The zero-order chi connectivity index (χ0) is 27.7. The molecule has 0 radical (unpaired) electrons. The number of benzene rings is 2. The summed E-state index contributed by atoms with van der Waals surface area (Å²) >= 11 is 6.04. The van der Waals surface area contributed by atoms with Crippen LogP contribution >= 0.6 is 11.6 Å². The smallest absolute Gasteiger partial charge is 0.337 e. The lowest BCUT2D eigenvalue weighted by Gasteiger charge is -2.51. The van der Waals surface area contributed by atoms with E-state index in [-0.39, 0.29) is 17.0 Å². The van der Waals surface area contributed by atoms with Crippen molar-refractivity contribution in [3.63, 3.8) is 0 Å². The average Bonchev–Trinajstić information content (AvgIpc) is 2.89. The Bertz CT molecular complexity index is 1220. The van der Waals surface area contributed by atoms with E-state index >= 15 is 0 Å². The van der Waals surface area contributed by atoms with Crippen molar-refractivity contribution in [1.82, 2.24) is 10.2 Å². The van der Waals surface area contributed by atoms with Crippen LogP contribution in [-0.2, 0) is 15.1 Å². The summed E-state index contributed by atoms with van der Waals surface area (Å²) < 4.78 is 19.2. The number of ether oxygens (including phenoxy) is 1. The fourth-order valence-electron chi connectivity index (χ4n) is 5.79. The molecule has 38 heavy (non-hydrogen) atoms. The van der Waals surface area contributed by atoms with Gasteiger partial charge >= 0.3 is 5.97 Å². The Hall–Kier alpha value is -2.97. The molecule has 2 aliphatic rings. The number of nitrogens with zero attached hydrogens (tertiary/aromatic N) is 1. The van der Waals surface area contributed by atoms with E-state index in [4.69, 9.17) is 11.6 Å². The van der Waals surface area contributed by atoms with Crippen LogP contribution in [0.15, 0.2) is 42.5 Å². The fourth-order valence-corrected chi connectivity index (χ4v) is 5.92. The Morgan fingerprint density at radius 3 is 2.42 bits per heavy atom. The minimum atomic E-state index is -1.12. The molecular formula is C29H34ClFN2O5. The summed E-state index contributed by atoms with van der Waals surface area (Å²) in [6.07, 6.45) is 3.30. The zero-order valence-corrected chi connectivity index (χ0v) is 22.7. The van der Waals surface area contributed by atoms with Crippen LogP contribution in [-0.4, -0.2) is 54.0 Å². The number of hydrogen-bond donors (Lipinski definition) is 2. The van der Waals surface area contributed by atoms with E-state index in [0.29, 0.717) is 37.4 Å². The second-order valence-corrected chi connectivity index (χ2v) is 11.4. The molecule has 2 amide bonds. The number of halogens is 2. The summed E-state index contributed by atoms with van der Waals surface area (Å²) in [5, 5.41) is 15.1. The van der Waals surface area contributed by atoms with Gasteiger partial charge in [0.1, 0.15) is 5.82 Å². The summed E-state index contributed by atoms with van der Waals surface area (Å²) in [5.41, 5.74) is -1.17. The normalized spacial score (nSPS) is 24.9. The van der Waals surface area contributed by atoms with Gasteiger partial charge in [-0.15, -0.1) is 0 Å². The predicted octanol–water partition coefficient (Wildman–Crippen LogP) is 4.70. The van der Waals surface area contributed by atoms with E-state index in [1.165, 1.54) is 19.2 Å². The van der Waals surface area contributed by atoms with Gasteiger partial charge in [-0.05, 0) is 55.2 Å². The minimum absolute atomic E-state index is 0.0125. The second kappa shape index (κ2) is 11.0. The first-order valence-electron chi connectivity index (χ1n) is 12.9. The quantitative estimate of drug-likeness (QED) is 0.532. The van der Waals surface area contributed by atoms with Crippen molar-refractivity contribution in [2.24, 2.45) is 11.3 Å². The lowest BCUT2D eigenvalue weighted by molar-refractivity contribution is -0.158. The Kier molecular flexibility index (Phi) is 8.14. The molecule has 2 aromatic rings. The molecule has 9 heteroatoms. The Balaban J connectivity index is 1.47. The number of carbonyl (C=O) groups is 3. The number of likely N-dealkylation sites (tertiary alicyclic amines) is 1. The second-order valence-electron chi connectivity index (χ2n) is 10.9. The van der Waals surface area contributed by atoms with Crippen molar-refractivity contribution in [2.75, 3.05) is 20.2 Å². The standard InChI is InChI=1S/C29H34ClFN2O5/c1-28(2)17-33(15-14-29(28,37)19-9-11-20(30)12-10-19)26(35)22-6-4-5-7-24(22)32-25(34)21-13-8-18(16-23(21)31)27(36)38-3/h8-13,16,22,24,37H,4-7,14-15,17H2,1-3H3,(H,32,34)/t22-,24+,29-/m0/s1. The van der Waals surface area contributed by atoms with Gasteiger partial charge in [-0.1, -0.05) is 50.4 Å². The summed E-state index contributed by atoms with van der Waals surface area (Å²) in [6.45, 7) is 4.62. The van der Waals surface area contributed by atoms with Gasteiger partial charge in [-0.3, -0.25) is 9.59 Å². The molecule has 1 aliphatic heterocycles. The Labute approximate surface area is 227 Å². The molecule has 204 valence electrons. The van der Waals surface area contributed by atoms with Crippen LogP contribution < -0.4 is 5.32 Å². The molecule has 1 saturated heterocycles. The third-order valence-corrected chi connectivity index (χ3v) is 8.37. The van der Waals surface area contributed by atoms with Crippen LogP contribution in [0.25, 0.3) is 0 Å². The minimum Gasteiger partial charge on any atom is -0.465 e. The van der Waals surface area contributed by atoms with E-state index in [2.05, 4.69) is 10.1 Å². The SMILES string of the molecule is COC(=O)c1ccc(C(=O)N[C@@H]2CCCC[C@@H]2C(=O)N2CC[C@](O)(c3ccc(Cl)cc3)C(C)(C)C2)c(F)c1. The monoisotopic (exact) mass is 544 g/mol. The van der Waals surface area contributed by atoms with E-state index < -0.39 is 40.7 Å². The van der Waals surface area contributed by atoms with Crippen molar-refractivity contribution < 1.29 is 28.6 Å². The molecule has 0 spiro atoms. The number of aliphatic hydroxyl groups is 1. The number of hydrogen-bond acceptors (Lipinski definition) is 5. The maximum atomic E-state index is 14.6. The van der Waals surface area contributed by atoms with Crippen LogP contribution in [0.2, 0.25) is 5.02 Å². The lowest BCUT2D eigenvalue weighted by atomic mass is 9.66. The molecule has 2 fully saturated rings. The largest absolute Gasteiger partial charge is 0.465 e. The first kappa shape index (κ1) is 28.0. The van der Waals surface area contributed by atoms with Crippen molar-refractivity contribution in [1.29, 1.82) is 0 Å². The summed E-state index contributed by atoms with van der Waals surface area (Å²) in [6, 6.07) is 10.3. The molecule has 1 saturated carbocycles. The zero-order valence-electron chi connectivity index (χ0n) is 21.9. The Morgan fingerprint density at radius 2 is 1.79 bits per heavy atom. The number of rotatable bonds is 5. The van der Waals surface area contributed by atoms with Crippen molar-refractivity contribution in [2.45, 2.75) is 57.6 Å². The van der Waals surface area contributed by atoms with Gasteiger partial charge in [0, 0.05) is 29.6 Å². The summed E-state index contributed by atoms with van der Waals surface area (Å²) in [5.74, 6) is -2.66. The van der Waals surface area contributed by atoms with Crippen molar-refractivity contribution in [3.8, 4) is 0 Å². The molecule has 0 unspecified atom stereocenters. The van der Waals surface area contributed by atoms with E-state index in [0.717, 1.165) is 24.5 Å². The first-order valence-corrected chi connectivity index (χ1v) is 13.3. The highest BCUT2D eigenvalue weighted by atomic mass is 35.5. The van der Waals surface area contributed by atoms with Gasteiger partial charge in [0.15, 0.2) is 0 Å². The Morgan fingerprint density at radius 1 is 1.11 bits per heavy atom. The molecule has 0 bridgehead atoms. The van der Waals surface area contributed by atoms with Gasteiger partial charge in [0.05, 0.1) is 29.8 Å². The highest BCUT2D eigenvalue weighted by Gasteiger charge is 2.50. The molecule has 4 rings (SSSR count). The van der Waals surface area contributed by atoms with Gasteiger partial charge in [0.25, 0.3) is 5.91 Å². The fraction of sp³-hybridized carbons (Fsp3) is 0.483. The molecule has 3 atom stereocenters. The van der Waals surface area contributed by atoms with Crippen LogP contribution in [0, 0.1) is 17.2 Å². The number of esters is 1. The number of amides is 2. The molecule has 0 aromatic heterocycles. The molecule has 2 N–H and O–H groups in total. The number of nitrogens with one attached hydrogen (secondary N) is 1. The lowest BCUT2D eigenvalue weighted by Crippen LogP contribution is -2.59. The number of piperidine rings is 1. The number of methoxy groups -OCH3 is 1. The summed E-state index contributed by atoms with van der Waals surface area (Å²) in [7, 11) is 1.20. The van der Waals surface area contributed by atoms with Crippen molar-refractivity contribution in [3.05, 3.63) is 70.0 Å². The molecule has 2 aromatic carbocycles. The van der Waals surface area contributed by atoms with Gasteiger partial charge in [0.2, 0.25) is 5.91 Å². The predicted molar refractivity (Wildman–Crippen MR) is 141 cm³/mol. The third-order valence-electron chi connectivity index (χ3n) is 8.12. The molecule has 7 nitrogen and oxygen atoms in total. The van der Waals surface area contributed by atoms with E-state index in [1.807, 2.05) is 26.0 Å². The first-order chi connectivity index (χ1) is 18.0. The highest BCUT2D eigenvalue weighted by molar-refractivity contribution is 6.30. The van der Waals surface area contributed by atoms with E-state index in [9.17, 15) is 23.9 Å². The molecule has 1 aliphatic carbocycles. The van der Waals surface area contributed by atoms with Crippen LogP contribution in [0.3, 0.4) is 0 Å². The highest BCUT2D eigenvalue weighted by Crippen LogP contribution is 2.46. The van der Waals surface area contributed by atoms with Crippen LogP contribution in [0.5, 0.6) is 0 Å². The van der Waals surface area contributed by atoms with Gasteiger partial charge < -0.3 is 20.1 Å². The number of carbonyl (C=O) groups excluding carboxylic acids is 3. The summed E-state index contributed by atoms with van der Waals surface area (Å²) in [4.78, 5) is 40.1. The van der Waals surface area contributed by atoms with E-state index in [1.54, 1.807) is 17.0 Å². The molecule has 1 heterocycles. The third kappa shape index (κ3) is 5.43. The maximum Gasteiger partial charge on any atom is 0.337 e.